The van der Waals surface area contributed by atoms with Crippen molar-refractivity contribution in [2.75, 3.05) is 6.61 Å². The second-order valence-corrected chi connectivity index (χ2v) is 3.60. The molecule has 0 radical (unpaired) electrons. The van der Waals surface area contributed by atoms with Gasteiger partial charge in [0.1, 0.15) is 5.60 Å². The van der Waals surface area contributed by atoms with Crippen molar-refractivity contribution in [2.45, 2.75) is 19.4 Å². The van der Waals surface area contributed by atoms with E-state index in [9.17, 15) is 9.90 Å². The first-order valence-corrected chi connectivity index (χ1v) is 5.20. The number of hydrogen-bond donors (Lipinski definition) is 1. The van der Waals surface area contributed by atoms with E-state index in [1.165, 1.54) is 12.2 Å². The lowest BCUT2D eigenvalue weighted by atomic mass is 9.96. The maximum Gasteiger partial charge on any atom is 0.330 e. The van der Waals surface area contributed by atoms with Crippen molar-refractivity contribution >= 4 is 5.97 Å². The topological polar surface area (TPSA) is 46.5 Å². The van der Waals surface area contributed by atoms with Gasteiger partial charge in [-0.3, -0.25) is 0 Å². The molecular formula is C13H16O3. The molecule has 0 fully saturated rings. The van der Waals surface area contributed by atoms with Crippen molar-refractivity contribution in [3.63, 3.8) is 0 Å². The number of carbonyl (C=O) groups excluding carboxylic acids is 1. The Hall–Kier alpha value is -1.61. The molecule has 16 heavy (non-hydrogen) atoms. The molecule has 0 aliphatic heterocycles. The fourth-order valence-electron chi connectivity index (χ4n) is 1.29. The van der Waals surface area contributed by atoms with E-state index in [2.05, 4.69) is 0 Å². The lowest BCUT2D eigenvalue weighted by Crippen LogP contribution is -2.18. The molecule has 3 heteroatoms. The van der Waals surface area contributed by atoms with Crippen molar-refractivity contribution in [3.05, 3.63) is 48.0 Å². The maximum absolute atomic E-state index is 11.1. The van der Waals surface area contributed by atoms with Gasteiger partial charge in [0.15, 0.2) is 0 Å². The van der Waals surface area contributed by atoms with Gasteiger partial charge in [-0.1, -0.05) is 30.3 Å². The van der Waals surface area contributed by atoms with Crippen LogP contribution in [0.15, 0.2) is 42.5 Å². The highest BCUT2D eigenvalue weighted by Gasteiger charge is 2.19. The Kier molecular flexibility index (Phi) is 4.26. The minimum absolute atomic E-state index is 0.330. The van der Waals surface area contributed by atoms with Crippen LogP contribution < -0.4 is 0 Å². The van der Waals surface area contributed by atoms with Gasteiger partial charge in [-0.15, -0.1) is 0 Å². The molecule has 0 saturated heterocycles. The van der Waals surface area contributed by atoms with Gasteiger partial charge in [0, 0.05) is 6.08 Å². The molecular weight excluding hydrogens is 204 g/mol. The molecule has 1 rings (SSSR count). The van der Waals surface area contributed by atoms with E-state index in [4.69, 9.17) is 4.74 Å². The predicted molar refractivity (Wildman–Crippen MR) is 61.8 cm³/mol. The summed E-state index contributed by atoms with van der Waals surface area (Å²) in [5.41, 5.74) is -0.427. The SMILES string of the molecule is CCOC(=O)/C=C/[C@@](C)(O)c1ccccc1. The molecule has 0 unspecified atom stereocenters. The van der Waals surface area contributed by atoms with Crippen molar-refractivity contribution in [1.82, 2.24) is 0 Å². The smallest absolute Gasteiger partial charge is 0.330 e. The number of esters is 1. The molecule has 1 N–H and O–H groups in total. The summed E-state index contributed by atoms with van der Waals surface area (Å²) < 4.78 is 4.74. The summed E-state index contributed by atoms with van der Waals surface area (Å²) in [7, 11) is 0. The molecule has 1 aromatic carbocycles. The highest BCUT2D eigenvalue weighted by Crippen LogP contribution is 2.21. The summed E-state index contributed by atoms with van der Waals surface area (Å²) in [4.78, 5) is 11.1. The summed E-state index contributed by atoms with van der Waals surface area (Å²) in [6, 6.07) is 9.14. The average molecular weight is 220 g/mol. The third-order valence-corrected chi connectivity index (χ3v) is 2.19. The quantitative estimate of drug-likeness (QED) is 0.623. The van der Waals surface area contributed by atoms with Crippen LogP contribution >= 0.6 is 0 Å². The zero-order valence-corrected chi connectivity index (χ0v) is 9.51. The fourth-order valence-corrected chi connectivity index (χ4v) is 1.29. The molecule has 0 heterocycles. The van der Waals surface area contributed by atoms with E-state index in [1.54, 1.807) is 26.0 Å². The Labute approximate surface area is 95.4 Å². The third-order valence-electron chi connectivity index (χ3n) is 2.19. The number of aliphatic hydroxyl groups is 1. The van der Waals surface area contributed by atoms with E-state index in [0.717, 1.165) is 5.56 Å². The molecule has 0 saturated carbocycles. The standard InChI is InChI=1S/C13H16O3/c1-3-16-12(14)9-10-13(2,15)11-7-5-4-6-8-11/h4-10,15H,3H2,1-2H3/b10-9+/t13-/m1/s1. The van der Waals surface area contributed by atoms with Crippen LogP contribution in [0.25, 0.3) is 0 Å². The molecule has 3 nitrogen and oxygen atoms in total. The maximum atomic E-state index is 11.1. The minimum Gasteiger partial charge on any atom is -0.463 e. The Morgan fingerprint density at radius 1 is 1.44 bits per heavy atom. The van der Waals surface area contributed by atoms with Crippen molar-refractivity contribution < 1.29 is 14.6 Å². The van der Waals surface area contributed by atoms with E-state index < -0.39 is 11.6 Å². The molecule has 0 aromatic heterocycles. The van der Waals surface area contributed by atoms with E-state index >= 15 is 0 Å². The van der Waals surface area contributed by atoms with Gasteiger partial charge >= 0.3 is 5.97 Å². The minimum atomic E-state index is -1.16. The van der Waals surface area contributed by atoms with Crippen molar-refractivity contribution in [3.8, 4) is 0 Å². The summed E-state index contributed by atoms with van der Waals surface area (Å²) >= 11 is 0. The number of carbonyl (C=O) groups is 1. The molecule has 0 bridgehead atoms. The van der Waals surface area contributed by atoms with Crippen molar-refractivity contribution in [2.24, 2.45) is 0 Å². The third kappa shape index (κ3) is 3.51. The number of ether oxygens (including phenoxy) is 1. The first-order valence-electron chi connectivity index (χ1n) is 5.20. The van der Waals surface area contributed by atoms with E-state index in [0.29, 0.717) is 6.61 Å². The Bertz CT molecular complexity index is 366. The van der Waals surface area contributed by atoms with Crippen LogP contribution in [0.4, 0.5) is 0 Å². The van der Waals surface area contributed by atoms with Crippen LogP contribution in [-0.2, 0) is 15.1 Å². The van der Waals surface area contributed by atoms with Gasteiger partial charge in [-0.2, -0.15) is 0 Å². The summed E-state index contributed by atoms with van der Waals surface area (Å²) in [6.45, 7) is 3.69. The number of hydrogen-bond acceptors (Lipinski definition) is 3. The fraction of sp³-hybridized carbons (Fsp3) is 0.308. The van der Waals surface area contributed by atoms with Crippen LogP contribution in [0.2, 0.25) is 0 Å². The highest BCUT2D eigenvalue weighted by atomic mass is 16.5. The Morgan fingerprint density at radius 2 is 2.06 bits per heavy atom. The molecule has 0 aliphatic carbocycles. The lowest BCUT2D eigenvalue weighted by Gasteiger charge is -2.19. The largest absolute Gasteiger partial charge is 0.463 e. The van der Waals surface area contributed by atoms with Gasteiger partial charge in [0.05, 0.1) is 6.61 Å². The Morgan fingerprint density at radius 3 is 2.62 bits per heavy atom. The molecule has 86 valence electrons. The van der Waals surface area contributed by atoms with Gasteiger partial charge < -0.3 is 9.84 Å². The average Bonchev–Trinajstić information content (AvgIpc) is 2.28. The summed E-state index contributed by atoms with van der Waals surface area (Å²) in [5.74, 6) is -0.446. The van der Waals surface area contributed by atoms with Crippen LogP contribution in [0.3, 0.4) is 0 Å². The molecule has 1 atom stereocenters. The first-order chi connectivity index (χ1) is 7.56. The van der Waals surface area contributed by atoms with Gasteiger partial charge in [-0.25, -0.2) is 4.79 Å². The van der Waals surface area contributed by atoms with Gasteiger partial charge in [0.2, 0.25) is 0 Å². The second-order valence-electron chi connectivity index (χ2n) is 3.60. The summed E-state index contributed by atoms with van der Waals surface area (Å²) in [5, 5.41) is 10.1. The van der Waals surface area contributed by atoms with Gasteiger partial charge in [0.25, 0.3) is 0 Å². The number of benzene rings is 1. The summed E-state index contributed by atoms with van der Waals surface area (Å²) in [6.07, 6.45) is 2.68. The van der Waals surface area contributed by atoms with Crippen LogP contribution in [-0.4, -0.2) is 17.7 Å². The van der Waals surface area contributed by atoms with Crippen LogP contribution in [0.5, 0.6) is 0 Å². The van der Waals surface area contributed by atoms with Crippen LogP contribution in [0, 0.1) is 0 Å². The zero-order chi connectivity index (χ0) is 12.0. The molecule has 0 amide bonds. The molecule has 0 spiro atoms. The second kappa shape index (κ2) is 5.47. The van der Waals surface area contributed by atoms with Crippen molar-refractivity contribution in [1.29, 1.82) is 0 Å². The van der Waals surface area contributed by atoms with Gasteiger partial charge in [-0.05, 0) is 25.5 Å². The molecule has 1 aromatic rings. The first kappa shape index (κ1) is 12.5. The highest BCUT2D eigenvalue weighted by molar-refractivity contribution is 5.82. The van der Waals surface area contributed by atoms with Crippen LogP contribution in [0.1, 0.15) is 19.4 Å². The Balaban J connectivity index is 2.76. The van der Waals surface area contributed by atoms with E-state index in [-0.39, 0.29) is 0 Å². The zero-order valence-electron chi connectivity index (χ0n) is 9.51. The monoisotopic (exact) mass is 220 g/mol. The normalized spacial score (nSPS) is 14.7. The predicted octanol–water partition coefficient (Wildman–Crippen LogP) is 2.01. The number of rotatable bonds is 4. The lowest BCUT2D eigenvalue weighted by molar-refractivity contribution is -0.137. The molecule has 0 aliphatic rings. The van der Waals surface area contributed by atoms with E-state index in [1.807, 2.05) is 18.2 Å².